The Morgan fingerprint density at radius 3 is 2.37 bits per heavy atom. The Morgan fingerprint density at radius 2 is 1.63 bits per heavy atom. The first kappa shape index (κ1) is 20.1. The number of fused-ring (bicyclic) bond motifs is 1. The zero-order valence-corrected chi connectivity index (χ0v) is 17.0. The lowest BCUT2D eigenvalue weighted by molar-refractivity contribution is -0.119. The zero-order chi connectivity index (χ0) is 21.1. The number of nitrogens with one attached hydrogen (secondary N) is 1. The molecule has 0 saturated carbocycles. The molecule has 0 fully saturated rings. The highest BCUT2D eigenvalue weighted by Gasteiger charge is 2.25. The molecule has 3 aromatic carbocycles. The third-order valence-electron chi connectivity index (χ3n) is 5.01. The van der Waals surface area contributed by atoms with E-state index in [4.69, 9.17) is 0 Å². The molecule has 4 rings (SSSR count). The van der Waals surface area contributed by atoms with Crippen LogP contribution < -0.4 is 9.62 Å². The van der Waals surface area contributed by atoms with E-state index in [0.29, 0.717) is 30.6 Å². The number of halogens is 1. The average Bonchev–Trinajstić information content (AvgIpc) is 2.72. The molecule has 1 N–H and O–H groups in total. The van der Waals surface area contributed by atoms with Crippen LogP contribution in [0.5, 0.6) is 0 Å². The van der Waals surface area contributed by atoms with Crippen LogP contribution in [0.15, 0.2) is 72.8 Å². The molecule has 0 atom stereocenters. The summed E-state index contributed by atoms with van der Waals surface area (Å²) in [4.78, 5) is 14.2. The molecule has 0 unspecified atom stereocenters. The van der Waals surface area contributed by atoms with Crippen LogP contribution >= 0.6 is 0 Å². The largest absolute Gasteiger partial charge is 0.308 e. The van der Waals surface area contributed by atoms with Gasteiger partial charge in [0.1, 0.15) is 5.82 Å². The van der Waals surface area contributed by atoms with E-state index in [1.807, 2.05) is 30.3 Å². The quantitative estimate of drug-likeness (QED) is 0.643. The topological polar surface area (TPSA) is 66.5 Å². The Kier molecular flexibility index (Phi) is 5.55. The van der Waals surface area contributed by atoms with Crippen molar-refractivity contribution in [1.29, 1.82) is 0 Å². The molecule has 0 aliphatic carbocycles. The van der Waals surface area contributed by atoms with Gasteiger partial charge in [0.05, 0.1) is 12.3 Å². The number of anilines is 2. The first-order valence-electron chi connectivity index (χ1n) is 9.62. The molecular weight excluding hydrogens is 403 g/mol. The van der Waals surface area contributed by atoms with Crippen molar-refractivity contribution >= 4 is 27.3 Å². The molecule has 0 radical (unpaired) electrons. The number of nitrogens with zero attached hydrogens (tertiary/aromatic N) is 1. The minimum Gasteiger partial charge on any atom is -0.308 e. The number of carbonyl (C=O) groups is 1. The predicted octanol–water partition coefficient (Wildman–Crippen LogP) is 4.25. The van der Waals surface area contributed by atoms with Gasteiger partial charge in [0, 0.05) is 17.8 Å². The smallest absolute Gasteiger partial charge is 0.236 e. The van der Waals surface area contributed by atoms with Crippen molar-refractivity contribution in [3.05, 3.63) is 95.3 Å². The van der Waals surface area contributed by atoms with Gasteiger partial charge in [-0.05, 0) is 53.4 Å². The number of benzene rings is 3. The number of aryl methyl sites for hydroxylation is 1. The van der Waals surface area contributed by atoms with Crippen molar-refractivity contribution in [3.63, 3.8) is 0 Å². The lowest BCUT2D eigenvalue weighted by Crippen LogP contribution is -2.34. The average molecular weight is 424 g/mol. The molecule has 5 nitrogen and oxygen atoms in total. The third kappa shape index (κ3) is 4.68. The summed E-state index contributed by atoms with van der Waals surface area (Å²) in [6.45, 7) is 0.475. The summed E-state index contributed by atoms with van der Waals surface area (Å²) >= 11 is 0. The summed E-state index contributed by atoms with van der Waals surface area (Å²) in [6, 6.07) is 20.4. The van der Waals surface area contributed by atoms with Gasteiger partial charge in [0.25, 0.3) is 0 Å². The summed E-state index contributed by atoms with van der Waals surface area (Å²) in [7, 11) is -3.65. The predicted molar refractivity (Wildman–Crippen MR) is 115 cm³/mol. The molecule has 1 aliphatic heterocycles. The molecule has 0 saturated heterocycles. The Labute approximate surface area is 175 Å². The normalized spacial score (nSPS) is 13.8. The molecule has 0 spiro atoms. The number of hydrogen-bond donors (Lipinski definition) is 1. The van der Waals surface area contributed by atoms with Gasteiger partial charge in [0.15, 0.2) is 0 Å². The molecule has 7 heteroatoms. The maximum atomic E-state index is 13.0. The highest BCUT2D eigenvalue weighted by atomic mass is 32.2. The summed E-state index contributed by atoms with van der Waals surface area (Å²) in [5.41, 5.74) is 3.71. The van der Waals surface area contributed by atoms with E-state index in [1.54, 1.807) is 23.1 Å². The fourth-order valence-electron chi connectivity index (χ4n) is 3.58. The Balaban J connectivity index is 1.53. The summed E-state index contributed by atoms with van der Waals surface area (Å²) in [6.07, 6.45) is 0.943. The highest BCUT2D eigenvalue weighted by Crippen LogP contribution is 2.32. The minimum atomic E-state index is -3.65. The van der Waals surface area contributed by atoms with E-state index in [0.717, 1.165) is 16.8 Å². The first-order chi connectivity index (χ1) is 14.4. The maximum Gasteiger partial charge on any atom is 0.236 e. The van der Waals surface area contributed by atoms with Crippen LogP contribution in [0.2, 0.25) is 0 Å². The van der Waals surface area contributed by atoms with Crippen LogP contribution in [0.1, 0.15) is 23.1 Å². The van der Waals surface area contributed by atoms with Gasteiger partial charge in [-0.3, -0.25) is 9.52 Å². The van der Waals surface area contributed by atoms with Crippen LogP contribution in [0.3, 0.4) is 0 Å². The lowest BCUT2D eigenvalue weighted by Gasteiger charge is -2.30. The number of sulfonamides is 1. The van der Waals surface area contributed by atoms with Crippen molar-refractivity contribution in [2.24, 2.45) is 0 Å². The third-order valence-corrected chi connectivity index (χ3v) is 6.27. The lowest BCUT2D eigenvalue weighted by atomic mass is 10.00. The molecule has 154 valence electrons. The van der Waals surface area contributed by atoms with Crippen LogP contribution in [0, 0.1) is 5.82 Å². The highest BCUT2D eigenvalue weighted by molar-refractivity contribution is 7.91. The van der Waals surface area contributed by atoms with Crippen molar-refractivity contribution in [2.75, 3.05) is 9.62 Å². The fraction of sp³-hybridized carbons (Fsp3) is 0.174. The molecule has 3 aromatic rings. The summed E-state index contributed by atoms with van der Waals surface area (Å²) in [5, 5.41) is 0. The van der Waals surface area contributed by atoms with E-state index in [9.17, 15) is 17.6 Å². The van der Waals surface area contributed by atoms with Crippen molar-refractivity contribution in [2.45, 2.75) is 25.1 Å². The van der Waals surface area contributed by atoms with Crippen LogP contribution in [-0.2, 0) is 33.5 Å². The second-order valence-electron chi connectivity index (χ2n) is 7.30. The molecule has 1 heterocycles. The first-order valence-corrected chi connectivity index (χ1v) is 11.3. The minimum absolute atomic E-state index is 0.0518. The van der Waals surface area contributed by atoms with E-state index in [-0.39, 0.29) is 11.7 Å². The van der Waals surface area contributed by atoms with Crippen LogP contribution in [0.4, 0.5) is 15.8 Å². The van der Waals surface area contributed by atoms with Gasteiger partial charge in [-0.25, -0.2) is 12.8 Å². The van der Waals surface area contributed by atoms with Crippen molar-refractivity contribution in [3.8, 4) is 0 Å². The number of amides is 1. The van der Waals surface area contributed by atoms with E-state index >= 15 is 0 Å². The van der Waals surface area contributed by atoms with Crippen molar-refractivity contribution < 1.29 is 17.6 Å². The van der Waals surface area contributed by atoms with E-state index in [2.05, 4.69) is 4.72 Å². The standard InChI is InChI=1S/C23H21FN2O3S/c24-20-9-6-18(7-10-20)16-30(28,29)25-21-11-12-22-19(14-21)8-13-23(27)26(22)15-17-4-2-1-3-5-17/h1-7,9-12,14,25H,8,13,15-16H2. The Bertz CT molecular complexity index is 1160. The summed E-state index contributed by atoms with van der Waals surface area (Å²) < 4.78 is 40.6. The van der Waals surface area contributed by atoms with Gasteiger partial charge in [-0.15, -0.1) is 0 Å². The number of rotatable bonds is 6. The number of hydrogen-bond acceptors (Lipinski definition) is 3. The van der Waals surface area contributed by atoms with E-state index in [1.165, 1.54) is 24.3 Å². The van der Waals surface area contributed by atoms with E-state index < -0.39 is 15.8 Å². The fourth-order valence-corrected chi connectivity index (χ4v) is 4.77. The molecule has 1 amide bonds. The van der Waals surface area contributed by atoms with Gasteiger partial charge in [0.2, 0.25) is 15.9 Å². The molecule has 0 aromatic heterocycles. The van der Waals surface area contributed by atoms with Gasteiger partial charge in [-0.1, -0.05) is 42.5 Å². The Hall–Kier alpha value is -3.19. The van der Waals surface area contributed by atoms with Gasteiger partial charge < -0.3 is 4.90 Å². The maximum absolute atomic E-state index is 13.0. The molecule has 0 bridgehead atoms. The monoisotopic (exact) mass is 424 g/mol. The van der Waals surface area contributed by atoms with Crippen LogP contribution in [0.25, 0.3) is 0 Å². The summed E-state index contributed by atoms with van der Waals surface area (Å²) in [5.74, 6) is -0.604. The van der Waals surface area contributed by atoms with Crippen LogP contribution in [-0.4, -0.2) is 14.3 Å². The van der Waals surface area contributed by atoms with Gasteiger partial charge in [-0.2, -0.15) is 0 Å². The molecule has 30 heavy (non-hydrogen) atoms. The van der Waals surface area contributed by atoms with Gasteiger partial charge >= 0.3 is 0 Å². The second kappa shape index (κ2) is 8.28. The Morgan fingerprint density at radius 1 is 0.900 bits per heavy atom. The molecule has 1 aliphatic rings. The van der Waals surface area contributed by atoms with Crippen molar-refractivity contribution in [1.82, 2.24) is 0 Å². The SMILES string of the molecule is O=C1CCc2cc(NS(=O)(=O)Cc3ccc(F)cc3)ccc2N1Cc1ccccc1. The second-order valence-corrected chi connectivity index (χ2v) is 9.02. The zero-order valence-electron chi connectivity index (χ0n) is 16.2. The number of carbonyl (C=O) groups excluding carboxylic acids is 1. The molecular formula is C23H21FN2O3S.